The molecule has 0 unspecified atom stereocenters. The van der Waals surface area contributed by atoms with E-state index < -0.39 is 0 Å². The molecule has 2 aromatic heterocycles. The van der Waals surface area contributed by atoms with Crippen molar-refractivity contribution in [1.29, 1.82) is 5.26 Å². The summed E-state index contributed by atoms with van der Waals surface area (Å²) in [4.78, 5) is 9.14. The van der Waals surface area contributed by atoms with Crippen LogP contribution in [0.5, 0.6) is 0 Å². The summed E-state index contributed by atoms with van der Waals surface area (Å²) in [5.41, 5.74) is 8.33. The minimum atomic E-state index is 0.335. The number of nitrogens with zero attached hydrogens (tertiary/aromatic N) is 7. The second kappa shape index (κ2) is 12.9. The first kappa shape index (κ1) is 28.1. The van der Waals surface area contributed by atoms with Gasteiger partial charge < -0.3 is 15.2 Å². The average molecular weight is 573 g/mol. The Balaban J connectivity index is 1.29. The highest BCUT2D eigenvalue weighted by atomic mass is 15.5. The molecule has 0 radical (unpaired) electrons. The first-order valence-electron chi connectivity index (χ1n) is 15.1. The summed E-state index contributed by atoms with van der Waals surface area (Å²) in [6, 6.07) is 21.3. The third kappa shape index (κ3) is 6.26. The van der Waals surface area contributed by atoms with Gasteiger partial charge in [-0.3, -0.25) is 0 Å². The number of benzene rings is 3. The molecule has 10 heteroatoms. The van der Waals surface area contributed by atoms with Crippen LogP contribution in [0.25, 0.3) is 33.5 Å². The Labute approximate surface area is 251 Å². The van der Waals surface area contributed by atoms with E-state index in [9.17, 15) is 5.26 Å². The number of hydrogen-bond acceptors (Lipinski definition) is 6. The van der Waals surface area contributed by atoms with E-state index in [2.05, 4.69) is 97.1 Å². The molecule has 43 heavy (non-hydrogen) atoms. The maximum absolute atomic E-state index is 9.35. The maximum Gasteiger partial charge on any atom is 0.211 e. The number of aromatic amines is 1. The van der Waals surface area contributed by atoms with Gasteiger partial charge in [-0.05, 0) is 71.0 Å². The molecule has 1 aliphatic rings. The molecule has 0 amide bonds. The van der Waals surface area contributed by atoms with Gasteiger partial charge in [0.15, 0.2) is 5.82 Å². The number of H-pyrrole nitrogens is 1. The van der Waals surface area contributed by atoms with E-state index in [1.54, 1.807) is 0 Å². The summed E-state index contributed by atoms with van der Waals surface area (Å²) in [6.45, 7) is 4.97. The number of hydrogen-bond donors (Lipinski definition) is 3. The van der Waals surface area contributed by atoms with Crippen LogP contribution in [0.15, 0.2) is 65.7 Å². The third-order valence-electron chi connectivity index (χ3n) is 8.10. The van der Waals surface area contributed by atoms with Crippen LogP contribution in [0.1, 0.15) is 62.4 Å². The molecule has 0 saturated heterocycles. The Kier molecular flexibility index (Phi) is 8.40. The van der Waals surface area contributed by atoms with Gasteiger partial charge in [0.1, 0.15) is 5.82 Å². The summed E-state index contributed by atoms with van der Waals surface area (Å²) in [7, 11) is 0. The van der Waals surface area contributed by atoms with Gasteiger partial charge in [-0.2, -0.15) is 5.26 Å². The summed E-state index contributed by atoms with van der Waals surface area (Å²) in [5.74, 6) is 2.21. The lowest BCUT2D eigenvalue weighted by Gasteiger charge is -2.24. The predicted molar refractivity (Wildman–Crippen MR) is 169 cm³/mol. The SMILES string of the molecule is CCCc1nc2c(C)cc(N/C(=N\C#N)NC3CCCCC3)cc2n1Cc1ccc(-c2ccccc2-c2nnn[nH]2)cc1. The number of aliphatic imine (C=N–C) groups is 1. The van der Waals surface area contributed by atoms with E-state index in [1.165, 1.54) is 24.8 Å². The van der Waals surface area contributed by atoms with Crippen molar-refractivity contribution in [3.63, 3.8) is 0 Å². The average Bonchev–Trinajstić information content (AvgIpc) is 3.68. The first-order valence-corrected chi connectivity index (χ1v) is 15.1. The number of guanidine groups is 1. The van der Waals surface area contributed by atoms with Crippen LogP contribution in [0, 0.1) is 18.4 Å². The molecule has 1 saturated carbocycles. The molecule has 3 aromatic carbocycles. The smallest absolute Gasteiger partial charge is 0.211 e. The van der Waals surface area contributed by atoms with Gasteiger partial charge in [-0.25, -0.2) is 10.1 Å². The zero-order chi connectivity index (χ0) is 29.6. The largest absolute Gasteiger partial charge is 0.352 e. The lowest BCUT2D eigenvalue weighted by Crippen LogP contribution is -2.40. The van der Waals surface area contributed by atoms with Gasteiger partial charge in [0.25, 0.3) is 0 Å². The van der Waals surface area contributed by atoms with Crippen molar-refractivity contribution < 1.29 is 0 Å². The summed E-state index contributed by atoms with van der Waals surface area (Å²) in [5, 5.41) is 30.7. The van der Waals surface area contributed by atoms with Crippen molar-refractivity contribution in [2.75, 3.05) is 5.32 Å². The normalized spacial score (nSPS) is 14.1. The lowest BCUT2D eigenvalue weighted by molar-refractivity contribution is 0.413. The lowest BCUT2D eigenvalue weighted by atomic mass is 9.96. The van der Waals surface area contributed by atoms with Gasteiger partial charge in [0.2, 0.25) is 12.2 Å². The molecule has 3 N–H and O–H groups in total. The fraction of sp³-hybridized carbons (Fsp3) is 0.333. The Hall–Kier alpha value is -5.04. The van der Waals surface area contributed by atoms with Crippen LogP contribution >= 0.6 is 0 Å². The van der Waals surface area contributed by atoms with Crippen molar-refractivity contribution in [3.05, 3.63) is 77.6 Å². The highest BCUT2D eigenvalue weighted by Crippen LogP contribution is 2.31. The zero-order valence-corrected chi connectivity index (χ0v) is 24.6. The number of imidazole rings is 1. The Morgan fingerprint density at radius 3 is 2.58 bits per heavy atom. The third-order valence-corrected chi connectivity index (χ3v) is 8.10. The van der Waals surface area contributed by atoms with E-state index in [1.807, 2.05) is 24.4 Å². The van der Waals surface area contributed by atoms with Crippen molar-refractivity contribution in [1.82, 2.24) is 35.5 Å². The summed E-state index contributed by atoms with van der Waals surface area (Å²) in [6.07, 6.45) is 9.72. The van der Waals surface area contributed by atoms with Crippen molar-refractivity contribution in [2.24, 2.45) is 4.99 Å². The van der Waals surface area contributed by atoms with Gasteiger partial charge >= 0.3 is 0 Å². The molecule has 1 fully saturated rings. The second-order valence-corrected chi connectivity index (χ2v) is 11.2. The monoisotopic (exact) mass is 572 g/mol. The number of anilines is 1. The summed E-state index contributed by atoms with van der Waals surface area (Å²) >= 11 is 0. The van der Waals surface area contributed by atoms with E-state index in [0.717, 1.165) is 70.5 Å². The van der Waals surface area contributed by atoms with E-state index in [0.29, 0.717) is 24.4 Å². The van der Waals surface area contributed by atoms with Gasteiger partial charge in [-0.1, -0.05) is 74.7 Å². The van der Waals surface area contributed by atoms with Crippen LogP contribution < -0.4 is 10.6 Å². The van der Waals surface area contributed by atoms with Crippen LogP contribution in [0.2, 0.25) is 0 Å². The molecule has 0 atom stereocenters. The van der Waals surface area contributed by atoms with Gasteiger partial charge in [0, 0.05) is 30.3 Å². The zero-order valence-electron chi connectivity index (χ0n) is 24.6. The van der Waals surface area contributed by atoms with E-state index in [4.69, 9.17) is 4.98 Å². The Morgan fingerprint density at radius 2 is 1.86 bits per heavy atom. The fourth-order valence-electron chi connectivity index (χ4n) is 6.01. The number of aryl methyl sites for hydroxylation is 2. The number of fused-ring (bicyclic) bond motifs is 1. The second-order valence-electron chi connectivity index (χ2n) is 11.2. The molecule has 10 nitrogen and oxygen atoms in total. The van der Waals surface area contributed by atoms with E-state index in [-0.39, 0.29) is 0 Å². The van der Waals surface area contributed by atoms with Gasteiger partial charge in [0.05, 0.1) is 11.0 Å². The molecular weight excluding hydrogens is 536 g/mol. The number of nitrogens with one attached hydrogen (secondary N) is 3. The number of tetrazole rings is 1. The van der Waals surface area contributed by atoms with Crippen LogP contribution in [0.4, 0.5) is 5.69 Å². The van der Waals surface area contributed by atoms with Crippen LogP contribution in [-0.4, -0.2) is 42.2 Å². The predicted octanol–water partition coefficient (Wildman–Crippen LogP) is 6.36. The number of nitriles is 1. The molecule has 1 aliphatic carbocycles. The standard InChI is InChI=1S/C33H36N10/c1-3-9-30-38-31-22(2)18-26(37-33(35-21-34)36-25-10-5-4-6-11-25)19-29(31)43(30)20-23-14-16-24(17-15-23)27-12-7-8-13-28(27)32-39-41-42-40-32/h7-8,12-19,25H,3-6,9-11,20H2,1-2H3,(H2,35,36,37)(H,39,40,41,42). The van der Waals surface area contributed by atoms with Crippen molar-refractivity contribution in [3.8, 4) is 28.7 Å². The minimum absolute atomic E-state index is 0.335. The molecule has 2 heterocycles. The number of aromatic nitrogens is 6. The van der Waals surface area contributed by atoms with Crippen molar-refractivity contribution in [2.45, 2.75) is 71.4 Å². The molecule has 0 aliphatic heterocycles. The quantitative estimate of drug-likeness (QED) is 0.112. The molecule has 218 valence electrons. The fourth-order valence-corrected chi connectivity index (χ4v) is 6.01. The molecule has 0 bridgehead atoms. The highest BCUT2D eigenvalue weighted by Gasteiger charge is 2.18. The molecule has 5 aromatic rings. The maximum atomic E-state index is 9.35. The molecular formula is C33H36N10. The van der Waals surface area contributed by atoms with Crippen molar-refractivity contribution >= 4 is 22.7 Å². The van der Waals surface area contributed by atoms with Gasteiger partial charge in [-0.15, -0.1) is 10.1 Å². The Bertz CT molecular complexity index is 1750. The summed E-state index contributed by atoms with van der Waals surface area (Å²) < 4.78 is 2.32. The first-order chi connectivity index (χ1) is 21.1. The molecule has 0 spiro atoms. The number of rotatable bonds is 8. The molecule has 6 rings (SSSR count). The topological polar surface area (TPSA) is 132 Å². The van der Waals surface area contributed by atoms with Crippen LogP contribution in [-0.2, 0) is 13.0 Å². The van der Waals surface area contributed by atoms with E-state index >= 15 is 0 Å². The van der Waals surface area contributed by atoms with Crippen LogP contribution in [0.3, 0.4) is 0 Å². The Morgan fingerprint density at radius 1 is 1.07 bits per heavy atom. The highest BCUT2D eigenvalue weighted by molar-refractivity contribution is 5.97. The minimum Gasteiger partial charge on any atom is -0.352 e.